The first kappa shape index (κ1) is 13.7. The standard InChI is InChI=1S/C11H19N3O3/c1-4-9-13-10(5-11(15)14-9)12-6-8(17-3)7-16-2/h5,8H,4,6-7H2,1-3H3,(H2,12,13,14,15). The Morgan fingerprint density at radius 3 is 2.88 bits per heavy atom. The molecule has 17 heavy (non-hydrogen) atoms. The zero-order valence-corrected chi connectivity index (χ0v) is 10.4. The van der Waals surface area contributed by atoms with Crippen LogP contribution in [-0.2, 0) is 15.9 Å². The van der Waals surface area contributed by atoms with Crippen LogP contribution in [0.15, 0.2) is 10.9 Å². The van der Waals surface area contributed by atoms with Crippen LogP contribution in [0.25, 0.3) is 0 Å². The van der Waals surface area contributed by atoms with Crippen LogP contribution in [-0.4, -0.2) is 43.4 Å². The van der Waals surface area contributed by atoms with Crippen molar-refractivity contribution in [1.82, 2.24) is 9.97 Å². The van der Waals surface area contributed by atoms with Crippen LogP contribution in [0.2, 0.25) is 0 Å². The van der Waals surface area contributed by atoms with Gasteiger partial charge in [0.2, 0.25) is 0 Å². The van der Waals surface area contributed by atoms with Gasteiger partial charge in [0, 0.05) is 33.3 Å². The van der Waals surface area contributed by atoms with Crippen LogP contribution in [0.1, 0.15) is 12.7 Å². The molecule has 96 valence electrons. The van der Waals surface area contributed by atoms with Gasteiger partial charge in [-0.25, -0.2) is 4.98 Å². The van der Waals surface area contributed by atoms with Crippen molar-refractivity contribution in [3.8, 4) is 0 Å². The molecule has 2 N–H and O–H groups in total. The van der Waals surface area contributed by atoms with Crippen molar-refractivity contribution in [2.45, 2.75) is 19.4 Å². The Hall–Kier alpha value is -1.40. The maximum atomic E-state index is 11.3. The molecule has 6 nitrogen and oxygen atoms in total. The molecule has 0 saturated carbocycles. The molecule has 0 aromatic carbocycles. The van der Waals surface area contributed by atoms with Gasteiger partial charge in [0.1, 0.15) is 11.6 Å². The third-order valence-corrected chi connectivity index (χ3v) is 2.32. The van der Waals surface area contributed by atoms with Gasteiger partial charge in [-0.3, -0.25) is 4.79 Å². The summed E-state index contributed by atoms with van der Waals surface area (Å²) in [6.45, 7) is 2.97. The highest BCUT2D eigenvalue weighted by Crippen LogP contribution is 2.01. The lowest BCUT2D eigenvalue weighted by molar-refractivity contribution is 0.0365. The van der Waals surface area contributed by atoms with E-state index in [1.807, 2.05) is 6.92 Å². The fraction of sp³-hybridized carbons (Fsp3) is 0.636. The zero-order chi connectivity index (χ0) is 12.7. The molecule has 0 aliphatic rings. The van der Waals surface area contributed by atoms with Crippen molar-refractivity contribution in [2.24, 2.45) is 0 Å². The molecule has 0 aliphatic carbocycles. The molecule has 0 fully saturated rings. The Bertz CT molecular complexity index is 392. The minimum atomic E-state index is -0.153. The highest BCUT2D eigenvalue weighted by molar-refractivity contribution is 5.33. The Kier molecular flexibility index (Phi) is 5.65. The molecule has 1 unspecified atom stereocenters. The van der Waals surface area contributed by atoms with Gasteiger partial charge in [0.05, 0.1) is 12.7 Å². The minimum Gasteiger partial charge on any atom is -0.382 e. The largest absolute Gasteiger partial charge is 0.382 e. The van der Waals surface area contributed by atoms with Crippen molar-refractivity contribution in [3.63, 3.8) is 0 Å². The number of methoxy groups -OCH3 is 2. The van der Waals surface area contributed by atoms with Crippen LogP contribution in [0.3, 0.4) is 0 Å². The molecule has 1 heterocycles. The summed E-state index contributed by atoms with van der Waals surface area (Å²) in [6, 6.07) is 1.43. The number of hydrogen-bond donors (Lipinski definition) is 2. The molecule has 0 bridgehead atoms. The lowest BCUT2D eigenvalue weighted by Gasteiger charge is -2.15. The summed E-state index contributed by atoms with van der Waals surface area (Å²) in [5.74, 6) is 1.23. The van der Waals surface area contributed by atoms with Crippen LogP contribution in [0.5, 0.6) is 0 Å². The fourth-order valence-electron chi connectivity index (χ4n) is 1.38. The number of ether oxygens (including phenoxy) is 2. The number of aromatic nitrogens is 2. The van der Waals surface area contributed by atoms with Gasteiger partial charge in [-0.2, -0.15) is 0 Å². The highest BCUT2D eigenvalue weighted by Gasteiger charge is 2.07. The van der Waals surface area contributed by atoms with Crippen LogP contribution in [0.4, 0.5) is 5.82 Å². The zero-order valence-electron chi connectivity index (χ0n) is 10.4. The normalized spacial score (nSPS) is 12.4. The van der Waals surface area contributed by atoms with Gasteiger partial charge >= 0.3 is 0 Å². The number of anilines is 1. The number of nitrogens with one attached hydrogen (secondary N) is 2. The van der Waals surface area contributed by atoms with Gasteiger partial charge in [0.25, 0.3) is 5.56 Å². The predicted molar refractivity (Wildman–Crippen MR) is 65.4 cm³/mol. The summed E-state index contributed by atoms with van der Waals surface area (Å²) < 4.78 is 10.2. The van der Waals surface area contributed by atoms with E-state index < -0.39 is 0 Å². The van der Waals surface area contributed by atoms with E-state index in [4.69, 9.17) is 9.47 Å². The molecule has 0 spiro atoms. The number of hydrogen-bond acceptors (Lipinski definition) is 5. The second kappa shape index (κ2) is 7.03. The van der Waals surface area contributed by atoms with Crippen molar-refractivity contribution in [1.29, 1.82) is 0 Å². The van der Waals surface area contributed by atoms with Gasteiger partial charge < -0.3 is 19.8 Å². The van der Waals surface area contributed by atoms with E-state index in [0.29, 0.717) is 31.2 Å². The van der Waals surface area contributed by atoms with E-state index in [1.54, 1.807) is 14.2 Å². The van der Waals surface area contributed by atoms with Gasteiger partial charge in [-0.05, 0) is 0 Å². The maximum Gasteiger partial charge on any atom is 0.252 e. The number of rotatable bonds is 7. The molecule has 0 radical (unpaired) electrons. The summed E-state index contributed by atoms with van der Waals surface area (Å²) in [5.41, 5.74) is -0.153. The second-order valence-electron chi connectivity index (χ2n) is 3.62. The maximum absolute atomic E-state index is 11.3. The number of H-pyrrole nitrogens is 1. The number of nitrogens with zero attached hydrogens (tertiary/aromatic N) is 1. The summed E-state index contributed by atoms with van der Waals surface area (Å²) in [4.78, 5) is 18.2. The molecule has 1 aromatic rings. The molecule has 0 amide bonds. The molecule has 1 atom stereocenters. The molecular weight excluding hydrogens is 222 g/mol. The lowest BCUT2D eigenvalue weighted by Crippen LogP contribution is -2.27. The molecule has 0 aliphatic heterocycles. The van der Waals surface area contributed by atoms with E-state index in [0.717, 1.165) is 0 Å². The first-order valence-electron chi connectivity index (χ1n) is 5.55. The molecular formula is C11H19N3O3. The highest BCUT2D eigenvalue weighted by atomic mass is 16.5. The van der Waals surface area contributed by atoms with E-state index in [1.165, 1.54) is 6.07 Å². The smallest absolute Gasteiger partial charge is 0.252 e. The minimum absolute atomic E-state index is 0.0637. The van der Waals surface area contributed by atoms with Crippen LogP contribution >= 0.6 is 0 Å². The first-order chi connectivity index (χ1) is 8.19. The van der Waals surface area contributed by atoms with Crippen molar-refractivity contribution < 1.29 is 9.47 Å². The third-order valence-electron chi connectivity index (χ3n) is 2.32. The van der Waals surface area contributed by atoms with Gasteiger partial charge in [-0.15, -0.1) is 0 Å². The van der Waals surface area contributed by atoms with Crippen LogP contribution < -0.4 is 10.9 Å². The van der Waals surface area contributed by atoms with Gasteiger partial charge in [0.15, 0.2) is 0 Å². The SMILES string of the molecule is CCc1nc(NCC(COC)OC)cc(=O)[nH]1. The average molecular weight is 241 g/mol. The Morgan fingerprint density at radius 2 is 2.29 bits per heavy atom. The van der Waals surface area contributed by atoms with Crippen molar-refractivity contribution in [2.75, 3.05) is 32.7 Å². The lowest BCUT2D eigenvalue weighted by atomic mass is 10.3. The topological polar surface area (TPSA) is 76.2 Å². The summed E-state index contributed by atoms with van der Waals surface area (Å²) in [5, 5.41) is 3.06. The molecule has 6 heteroatoms. The first-order valence-corrected chi connectivity index (χ1v) is 5.55. The van der Waals surface area contributed by atoms with Crippen molar-refractivity contribution in [3.05, 3.63) is 22.2 Å². The van der Waals surface area contributed by atoms with E-state index in [2.05, 4.69) is 15.3 Å². The van der Waals surface area contributed by atoms with E-state index in [-0.39, 0.29) is 11.7 Å². The monoisotopic (exact) mass is 241 g/mol. The number of aromatic amines is 1. The van der Waals surface area contributed by atoms with Crippen LogP contribution in [0, 0.1) is 0 Å². The van der Waals surface area contributed by atoms with Crippen molar-refractivity contribution >= 4 is 5.82 Å². The molecule has 1 aromatic heterocycles. The second-order valence-corrected chi connectivity index (χ2v) is 3.62. The quantitative estimate of drug-likeness (QED) is 0.723. The average Bonchev–Trinajstić information content (AvgIpc) is 2.33. The fourth-order valence-corrected chi connectivity index (χ4v) is 1.38. The predicted octanol–water partition coefficient (Wildman–Crippen LogP) is 0.406. The summed E-state index contributed by atoms with van der Waals surface area (Å²) >= 11 is 0. The molecule has 1 rings (SSSR count). The summed E-state index contributed by atoms with van der Waals surface area (Å²) in [7, 11) is 3.24. The molecule has 0 saturated heterocycles. The van der Waals surface area contributed by atoms with E-state index in [9.17, 15) is 4.79 Å². The Balaban J connectivity index is 2.61. The summed E-state index contributed by atoms with van der Waals surface area (Å²) in [6.07, 6.45) is 0.627. The third kappa shape index (κ3) is 4.54. The van der Waals surface area contributed by atoms with E-state index >= 15 is 0 Å². The number of aryl methyl sites for hydroxylation is 1. The van der Waals surface area contributed by atoms with Gasteiger partial charge in [-0.1, -0.05) is 6.92 Å². The Labute approximate surface area is 100 Å². The Morgan fingerprint density at radius 1 is 1.53 bits per heavy atom.